The zero-order valence-corrected chi connectivity index (χ0v) is 20.3. The zero-order chi connectivity index (χ0) is 23.4. The van der Waals surface area contributed by atoms with Gasteiger partial charge in [0.2, 0.25) is 0 Å². The molecule has 1 fully saturated rings. The number of nitrogens with zero attached hydrogens (tertiary/aromatic N) is 1. The van der Waals surface area contributed by atoms with Crippen molar-refractivity contribution in [3.05, 3.63) is 90.5 Å². The Morgan fingerprint density at radius 2 is 1.54 bits per heavy atom. The molecule has 4 aliphatic rings. The molecule has 3 heteroatoms. The van der Waals surface area contributed by atoms with Crippen molar-refractivity contribution in [1.29, 1.82) is 0 Å². The normalized spacial score (nSPS) is 24.7. The van der Waals surface area contributed by atoms with Gasteiger partial charge in [0.05, 0.1) is 5.54 Å². The fraction of sp³-hybridized carbons (Fsp3) is 0.250. The molecule has 4 aromatic carbocycles. The van der Waals surface area contributed by atoms with Crippen LogP contribution in [0.15, 0.2) is 84.9 Å². The summed E-state index contributed by atoms with van der Waals surface area (Å²) in [6.45, 7) is 5.23. The van der Waals surface area contributed by atoms with Crippen molar-refractivity contribution in [2.24, 2.45) is 0 Å². The van der Waals surface area contributed by atoms with Crippen LogP contribution in [0.5, 0.6) is 11.5 Å². The van der Waals surface area contributed by atoms with Gasteiger partial charge in [-0.15, -0.1) is 0 Å². The number of anilines is 2. The first kappa shape index (κ1) is 19.8. The molecule has 0 bridgehead atoms. The molecule has 4 aromatic rings. The van der Waals surface area contributed by atoms with Gasteiger partial charge in [-0.05, 0) is 65.5 Å². The smallest absolute Gasteiger partial charge is 0.256 e. The van der Waals surface area contributed by atoms with E-state index in [0.29, 0.717) is 0 Å². The van der Waals surface area contributed by atoms with Gasteiger partial charge in [0, 0.05) is 22.4 Å². The second-order valence-electron chi connectivity index (χ2n) is 11.2. The molecule has 1 saturated carbocycles. The molecule has 170 valence electrons. The highest BCUT2D eigenvalue weighted by atomic mass is 16.5. The molecular weight excluding hydrogens is 425 g/mol. The van der Waals surface area contributed by atoms with Crippen LogP contribution in [0.3, 0.4) is 0 Å². The molecule has 1 aliphatic carbocycles. The van der Waals surface area contributed by atoms with E-state index in [1.54, 1.807) is 5.56 Å². The Bertz CT molecular complexity index is 1530. The lowest BCUT2D eigenvalue weighted by molar-refractivity contribution is 0.195. The van der Waals surface area contributed by atoms with E-state index in [1.807, 2.05) is 0 Å². The number of ether oxygens (including phenoxy) is 1. The summed E-state index contributed by atoms with van der Waals surface area (Å²) >= 11 is 0. The zero-order valence-electron chi connectivity index (χ0n) is 20.3. The Morgan fingerprint density at radius 1 is 0.771 bits per heavy atom. The molecule has 3 aliphatic heterocycles. The lowest BCUT2D eigenvalue weighted by atomic mass is 9.34. The SMILES string of the molecule is CC12CCCCC1(C)N1c3ccc(-c4ccccc4)c4c3B(c3ccccc3O4)c3cccc2c31. The maximum atomic E-state index is 6.80. The van der Waals surface area contributed by atoms with Gasteiger partial charge in [0.1, 0.15) is 11.5 Å². The lowest BCUT2D eigenvalue weighted by Gasteiger charge is -2.52. The fourth-order valence-corrected chi connectivity index (χ4v) is 7.82. The largest absolute Gasteiger partial charge is 0.458 e. The molecule has 0 spiro atoms. The number of rotatable bonds is 1. The first-order chi connectivity index (χ1) is 17.1. The molecule has 0 N–H and O–H groups in total. The Balaban J connectivity index is 1.50. The van der Waals surface area contributed by atoms with Crippen LogP contribution in [0.2, 0.25) is 0 Å². The summed E-state index contributed by atoms with van der Waals surface area (Å²) in [6.07, 6.45) is 5.07. The first-order valence-electron chi connectivity index (χ1n) is 13.0. The highest BCUT2D eigenvalue weighted by Crippen LogP contribution is 2.61. The summed E-state index contributed by atoms with van der Waals surface area (Å²) in [5.41, 5.74) is 11.0. The molecule has 2 atom stereocenters. The summed E-state index contributed by atoms with van der Waals surface area (Å²) in [5.74, 6) is 2.01. The second kappa shape index (κ2) is 6.60. The highest BCUT2D eigenvalue weighted by molar-refractivity contribution is 6.99. The van der Waals surface area contributed by atoms with Gasteiger partial charge in [-0.2, -0.15) is 0 Å². The fourth-order valence-electron chi connectivity index (χ4n) is 7.82. The number of fused-ring (bicyclic) bond motifs is 7. The highest BCUT2D eigenvalue weighted by Gasteiger charge is 2.61. The minimum atomic E-state index is 0.0632. The molecule has 3 heterocycles. The van der Waals surface area contributed by atoms with Gasteiger partial charge in [-0.1, -0.05) is 86.5 Å². The molecular formula is C32H28BNO. The van der Waals surface area contributed by atoms with E-state index in [0.717, 1.165) is 11.5 Å². The van der Waals surface area contributed by atoms with Crippen LogP contribution in [0, 0.1) is 0 Å². The van der Waals surface area contributed by atoms with Crippen molar-refractivity contribution >= 4 is 34.5 Å². The summed E-state index contributed by atoms with van der Waals surface area (Å²) < 4.78 is 6.80. The third kappa shape index (κ3) is 2.28. The topological polar surface area (TPSA) is 12.5 Å². The van der Waals surface area contributed by atoms with E-state index >= 15 is 0 Å². The van der Waals surface area contributed by atoms with Gasteiger partial charge in [-0.3, -0.25) is 0 Å². The molecule has 0 amide bonds. The van der Waals surface area contributed by atoms with Crippen molar-refractivity contribution in [2.45, 2.75) is 50.5 Å². The number of hydrogen-bond acceptors (Lipinski definition) is 2. The average Bonchev–Trinajstić information content (AvgIpc) is 3.11. The van der Waals surface area contributed by atoms with Crippen LogP contribution in [0.25, 0.3) is 11.1 Å². The lowest BCUT2D eigenvalue weighted by Crippen LogP contribution is -2.63. The Kier molecular flexibility index (Phi) is 3.74. The molecule has 2 unspecified atom stereocenters. The van der Waals surface area contributed by atoms with Crippen LogP contribution in [0.1, 0.15) is 45.1 Å². The minimum Gasteiger partial charge on any atom is -0.458 e. The molecule has 35 heavy (non-hydrogen) atoms. The minimum absolute atomic E-state index is 0.0632. The van der Waals surface area contributed by atoms with Gasteiger partial charge >= 0.3 is 0 Å². The van der Waals surface area contributed by atoms with Crippen LogP contribution < -0.4 is 26.0 Å². The van der Waals surface area contributed by atoms with Crippen LogP contribution >= 0.6 is 0 Å². The van der Waals surface area contributed by atoms with Gasteiger partial charge in [0.25, 0.3) is 6.71 Å². The number of para-hydroxylation sites is 2. The monoisotopic (exact) mass is 453 g/mol. The maximum Gasteiger partial charge on any atom is 0.256 e. The molecule has 8 rings (SSSR count). The van der Waals surface area contributed by atoms with Crippen molar-refractivity contribution in [3.8, 4) is 22.6 Å². The summed E-state index contributed by atoms with van der Waals surface area (Å²) in [4.78, 5) is 2.73. The van der Waals surface area contributed by atoms with E-state index in [9.17, 15) is 0 Å². The summed E-state index contributed by atoms with van der Waals surface area (Å²) in [6, 6.07) is 31.1. The van der Waals surface area contributed by atoms with E-state index in [2.05, 4.69) is 104 Å². The van der Waals surface area contributed by atoms with E-state index < -0.39 is 0 Å². The molecule has 0 radical (unpaired) electrons. The second-order valence-corrected chi connectivity index (χ2v) is 11.2. The van der Waals surface area contributed by atoms with Crippen molar-refractivity contribution in [1.82, 2.24) is 0 Å². The molecule has 0 aromatic heterocycles. The van der Waals surface area contributed by atoms with E-state index in [4.69, 9.17) is 4.74 Å². The summed E-state index contributed by atoms with van der Waals surface area (Å²) in [5, 5.41) is 0. The predicted molar refractivity (Wildman–Crippen MR) is 146 cm³/mol. The first-order valence-corrected chi connectivity index (χ1v) is 13.0. The Labute approximate surface area is 207 Å². The van der Waals surface area contributed by atoms with E-state index in [-0.39, 0.29) is 17.7 Å². The average molecular weight is 453 g/mol. The summed E-state index contributed by atoms with van der Waals surface area (Å²) in [7, 11) is 0. The van der Waals surface area contributed by atoms with Gasteiger partial charge < -0.3 is 9.64 Å². The number of hydrogen-bond donors (Lipinski definition) is 0. The van der Waals surface area contributed by atoms with Crippen molar-refractivity contribution < 1.29 is 4.74 Å². The van der Waals surface area contributed by atoms with Crippen molar-refractivity contribution in [3.63, 3.8) is 0 Å². The Hall–Kier alpha value is -3.46. The molecule has 2 nitrogen and oxygen atoms in total. The third-order valence-corrected chi connectivity index (χ3v) is 9.70. The number of benzene rings is 4. The van der Waals surface area contributed by atoms with Crippen molar-refractivity contribution in [2.75, 3.05) is 4.90 Å². The van der Waals surface area contributed by atoms with E-state index in [1.165, 1.54) is 64.6 Å². The van der Waals surface area contributed by atoms with Gasteiger partial charge in [-0.25, -0.2) is 0 Å². The van der Waals surface area contributed by atoms with Crippen LogP contribution in [0.4, 0.5) is 11.4 Å². The standard InChI is InChI=1S/C32H28BNO/c1-31-19-8-9-20-32(31,2)34-26-18-17-22(21-11-4-3-5-12-21)30-28(26)33(24-14-6-7-16-27(24)35-30)25-15-10-13-23(31)29(25)34/h3-7,10-18H,8-9,19-20H2,1-2H3. The predicted octanol–water partition coefficient (Wildman–Crippen LogP) is 6.03. The third-order valence-electron chi connectivity index (χ3n) is 9.70. The Morgan fingerprint density at radius 3 is 2.43 bits per heavy atom. The quantitative estimate of drug-likeness (QED) is 0.288. The maximum absolute atomic E-state index is 6.80. The molecule has 0 saturated heterocycles. The van der Waals surface area contributed by atoms with Crippen LogP contribution in [-0.2, 0) is 5.41 Å². The van der Waals surface area contributed by atoms with Gasteiger partial charge in [0.15, 0.2) is 0 Å². The van der Waals surface area contributed by atoms with Crippen LogP contribution in [-0.4, -0.2) is 12.3 Å².